The van der Waals surface area contributed by atoms with Crippen molar-refractivity contribution in [2.75, 3.05) is 25.9 Å². The van der Waals surface area contributed by atoms with E-state index >= 15 is 0 Å². The third-order valence-electron chi connectivity index (χ3n) is 4.09. The van der Waals surface area contributed by atoms with Gasteiger partial charge in [-0.1, -0.05) is 0 Å². The van der Waals surface area contributed by atoms with Crippen LogP contribution >= 0.6 is 0 Å². The van der Waals surface area contributed by atoms with Gasteiger partial charge in [0.15, 0.2) is 5.69 Å². The van der Waals surface area contributed by atoms with E-state index in [0.29, 0.717) is 47.6 Å². The van der Waals surface area contributed by atoms with Crippen LogP contribution in [0.2, 0.25) is 0 Å². The van der Waals surface area contributed by atoms with E-state index < -0.39 is 0 Å². The molecule has 9 heteroatoms. The molecule has 0 atom stereocenters. The van der Waals surface area contributed by atoms with Crippen molar-refractivity contribution in [2.45, 2.75) is 13.8 Å². The molecule has 3 rings (SSSR count). The van der Waals surface area contributed by atoms with Crippen molar-refractivity contribution >= 4 is 11.7 Å². The van der Waals surface area contributed by atoms with Gasteiger partial charge in [0, 0.05) is 19.2 Å². The molecule has 0 radical (unpaired) electrons. The maximum Gasteiger partial charge on any atom is 0.274 e. The van der Waals surface area contributed by atoms with Crippen molar-refractivity contribution in [3.63, 3.8) is 0 Å². The van der Waals surface area contributed by atoms with E-state index in [1.807, 2.05) is 13.8 Å². The van der Waals surface area contributed by atoms with E-state index in [1.165, 1.54) is 6.20 Å². The maximum absolute atomic E-state index is 12.7. The zero-order valence-electron chi connectivity index (χ0n) is 15.5. The SMILES string of the molecule is CCN(CC)C(=O)c1cc(-c2cnc(N)cn2)n(-c2ccc(OC)nc2)n1. The minimum atomic E-state index is -0.148. The molecular formula is C18H21N7O2. The summed E-state index contributed by atoms with van der Waals surface area (Å²) in [5, 5.41) is 4.50. The molecule has 0 spiro atoms. The number of hydrogen-bond donors (Lipinski definition) is 1. The lowest BCUT2D eigenvalue weighted by molar-refractivity contribution is 0.0766. The molecule has 0 fully saturated rings. The molecule has 3 aromatic rings. The number of anilines is 1. The molecule has 0 saturated heterocycles. The largest absolute Gasteiger partial charge is 0.481 e. The minimum Gasteiger partial charge on any atom is -0.481 e. The van der Waals surface area contributed by atoms with E-state index in [9.17, 15) is 4.79 Å². The number of pyridine rings is 1. The smallest absolute Gasteiger partial charge is 0.274 e. The monoisotopic (exact) mass is 367 g/mol. The highest BCUT2D eigenvalue weighted by Gasteiger charge is 2.21. The fourth-order valence-corrected chi connectivity index (χ4v) is 2.63. The molecule has 0 bridgehead atoms. The molecule has 0 aliphatic carbocycles. The zero-order chi connectivity index (χ0) is 19.4. The van der Waals surface area contributed by atoms with Crippen LogP contribution < -0.4 is 10.5 Å². The normalized spacial score (nSPS) is 10.6. The van der Waals surface area contributed by atoms with Gasteiger partial charge in [-0.25, -0.2) is 19.6 Å². The number of methoxy groups -OCH3 is 1. The molecule has 3 aromatic heterocycles. The quantitative estimate of drug-likeness (QED) is 0.707. The topological polar surface area (TPSA) is 112 Å². The van der Waals surface area contributed by atoms with Crippen LogP contribution in [0.4, 0.5) is 5.82 Å². The first kappa shape index (κ1) is 18.3. The Hall–Kier alpha value is -3.49. The molecule has 9 nitrogen and oxygen atoms in total. The van der Waals surface area contributed by atoms with Crippen LogP contribution in [-0.2, 0) is 0 Å². The van der Waals surface area contributed by atoms with E-state index in [-0.39, 0.29) is 5.91 Å². The number of hydrogen-bond acceptors (Lipinski definition) is 7. The molecule has 27 heavy (non-hydrogen) atoms. The van der Waals surface area contributed by atoms with Crippen molar-refractivity contribution in [3.05, 3.63) is 42.5 Å². The number of carbonyl (C=O) groups is 1. The second-order valence-electron chi connectivity index (χ2n) is 5.69. The highest BCUT2D eigenvalue weighted by Crippen LogP contribution is 2.23. The Bertz CT molecular complexity index is 916. The van der Waals surface area contributed by atoms with Gasteiger partial charge in [0.25, 0.3) is 5.91 Å². The van der Waals surface area contributed by atoms with Crippen molar-refractivity contribution in [1.82, 2.24) is 29.6 Å². The van der Waals surface area contributed by atoms with E-state index in [0.717, 1.165) is 0 Å². The molecule has 0 aromatic carbocycles. The first-order valence-corrected chi connectivity index (χ1v) is 8.55. The van der Waals surface area contributed by atoms with Gasteiger partial charge in [-0.2, -0.15) is 5.10 Å². The molecule has 2 N–H and O–H groups in total. The Morgan fingerprint density at radius 2 is 1.93 bits per heavy atom. The van der Waals surface area contributed by atoms with Gasteiger partial charge in [0.1, 0.15) is 11.5 Å². The highest BCUT2D eigenvalue weighted by molar-refractivity contribution is 5.93. The van der Waals surface area contributed by atoms with Gasteiger partial charge in [-0.15, -0.1) is 0 Å². The summed E-state index contributed by atoms with van der Waals surface area (Å²) in [6.45, 7) is 5.06. The van der Waals surface area contributed by atoms with Crippen LogP contribution in [-0.4, -0.2) is 55.7 Å². The highest BCUT2D eigenvalue weighted by atomic mass is 16.5. The lowest BCUT2D eigenvalue weighted by Gasteiger charge is -2.16. The zero-order valence-corrected chi connectivity index (χ0v) is 15.5. The van der Waals surface area contributed by atoms with Gasteiger partial charge >= 0.3 is 0 Å². The van der Waals surface area contributed by atoms with Crippen molar-refractivity contribution < 1.29 is 9.53 Å². The predicted molar refractivity (Wildman–Crippen MR) is 101 cm³/mol. The number of aromatic nitrogens is 5. The van der Waals surface area contributed by atoms with Crippen LogP contribution in [0.15, 0.2) is 36.8 Å². The molecule has 0 aliphatic heterocycles. The van der Waals surface area contributed by atoms with Crippen molar-refractivity contribution in [2.24, 2.45) is 0 Å². The Labute approximate surface area is 156 Å². The summed E-state index contributed by atoms with van der Waals surface area (Å²) < 4.78 is 6.71. The molecule has 1 amide bonds. The average Bonchev–Trinajstić information content (AvgIpc) is 3.15. The van der Waals surface area contributed by atoms with Gasteiger partial charge in [0.2, 0.25) is 5.88 Å². The van der Waals surface area contributed by atoms with Crippen LogP contribution in [0.25, 0.3) is 17.1 Å². The van der Waals surface area contributed by atoms with E-state index in [1.54, 1.807) is 47.3 Å². The number of nitrogens with zero attached hydrogens (tertiary/aromatic N) is 6. The Morgan fingerprint density at radius 3 is 2.48 bits per heavy atom. The van der Waals surface area contributed by atoms with Gasteiger partial charge in [-0.3, -0.25) is 4.79 Å². The molecule has 0 saturated carbocycles. The fraction of sp³-hybridized carbons (Fsp3) is 0.278. The number of carbonyl (C=O) groups excluding carboxylic acids is 1. The summed E-state index contributed by atoms with van der Waals surface area (Å²) in [5.74, 6) is 0.652. The molecular weight excluding hydrogens is 346 g/mol. The van der Waals surface area contributed by atoms with Gasteiger partial charge < -0.3 is 15.4 Å². The Balaban J connectivity index is 2.11. The van der Waals surface area contributed by atoms with Crippen LogP contribution in [0.5, 0.6) is 5.88 Å². The minimum absolute atomic E-state index is 0.148. The summed E-state index contributed by atoms with van der Waals surface area (Å²) in [6.07, 6.45) is 4.63. The summed E-state index contributed by atoms with van der Waals surface area (Å²) >= 11 is 0. The standard InChI is InChI=1S/C18H21N7O2/c1-4-24(5-2)18(26)13-8-15(14-10-21-16(19)11-20-14)25(23-13)12-6-7-17(27-3)22-9-12/h6-11H,4-5H2,1-3H3,(H2,19,21). The summed E-state index contributed by atoms with van der Waals surface area (Å²) in [7, 11) is 1.55. The van der Waals surface area contributed by atoms with Crippen LogP contribution in [0.3, 0.4) is 0 Å². The number of ether oxygens (including phenoxy) is 1. The second-order valence-corrected chi connectivity index (χ2v) is 5.69. The van der Waals surface area contributed by atoms with Crippen LogP contribution in [0.1, 0.15) is 24.3 Å². The third kappa shape index (κ3) is 3.71. The van der Waals surface area contributed by atoms with E-state index in [4.69, 9.17) is 10.5 Å². The molecule has 0 aliphatic rings. The Kier molecular flexibility index (Phi) is 5.30. The summed E-state index contributed by atoms with van der Waals surface area (Å²) in [4.78, 5) is 27.1. The first-order valence-electron chi connectivity index (χ1n) is 8.55. The first-order chi connectivity index (χ1) is 13.1. The second kappa shape index (κ2) is 7.81. The van der Waals surface area contributed by atoms with Crippen LogP contribution in [0, 0.1) is 0 Å². The molecule has 0 unspecified atom stereocenters. The van der Waals surface area contributed by atoms with Gasteiger partial charge in [0.05, 0.1) is 37.1 Å². The van der Waals surface area contributed by atoms with Crippen molar-refractivity contribution in [1.29, 1.82) is 0 Å². The number of nitrogen functional groups attached to an aromatic ring is 1. The fourth-order valence-electron chi connectivity index (χ4n) is 2.63. The summed E-state index contributed by atoms with van der Waals surface area (Å²) in [5.41, 5.74) is 7.79. The lowest BCUT2D eigenvalue weighted by Crippen LogP contribution is -2.30. The van der Waals surface area contributed by atoms with Gasteiger partial charge in [-0.05, 0) is 26.0 Å². The van der Waals surface area contributed by atoms with E-state index in [2.05, 4.69) is 20.1 Å². The third-order valence-corrected chi connectivity index (χ3v) is 4.09. The number of rotatable bonds is 6. The summed E-state index contributed by atoms with van der Waals surface area (Å²) in [6, 6.07) is 5.23. The molecule has 3 heterocycles. The lowest BCUT2D eigenvalue weighted by atomic mass is 10.2. The maximum atomic E-state index is 12.7. The van der Waals surface area contributed by atoms with Crippen molar-refractivity contribution in [3.8, 4) is 23.0 Å². The predicted octanol–water partition coefficient (Wildman–Crippen LogP) is 1.80. The molecule has 140 valence electrons. The number of nitrogens with two attached hydrogens (primary N) is 1. The Morgan fingerprint density at radius 1 is 1.15 bits per heavy atom. The number of amides is 1. The average molecular weight is 367 g/mol.